The number of esters is 1. The number of aryl methyl sites for hydroxylation is 1. The Morgan fingerprint density at radius 2 is 2.00 bits per heavy atom. The third-order valence-corrected chi connectivity index (χ3v) is 1.91. The molecular formula is C10H11BrO2. The topological polar surface area (TPSA) is 26.3 Å². The summed E-state index contributed by atoms with van der Waals surface area (Å²) in [6, 6.07) is 9.89. The highest BCUT2D eigenvalue weighted by molar-refractivity contribution is 9.09. The maximum Gasteiger partial charge on any atom is 0.306 e. The van der Waals surface area contributed by atoms with Gasteiger partial charge >= 0.3 is 5.97 Å². The van der Waals surface area contributed by atoms with E-state index in [1.165, 1.54) is 0 Å². The van der Waals surface area contributed by atoms with Gasteiger partial charge in [0.25, 0.3) is 0 Å². The fourth-order valence-electron chi connectivity index (χ4n) is 1.02. The quantitative estimate of drug-likeness (QED) is 0.600. The molecule has 0 N–H and O–H groups in total. The van der Waals surface area contributed by atoms with E-state index in [-0.39, 0.29) is 11.5 Å². The Balaban J connectivity index is 2.31. The molecule has 2 nitrogen and oxygen atoms in total. The van der Waals surface area contributed by atoms with Crippen molar-refractivity contribution in [3.63, 3.8) is 0 Å². The lowest BCUT2D eigenvalue weighted by atomic mass is 10.1. The molecule has 3 heteroatoms. The predicted molar refractivity (Wildman–Crippen MR) is 54.6 cm³/mol. The molecule has 1 rings (SSSR count). The molecule has 0 radical (unpaired) electrons. The molecule has 0 saturated carbocycles. The minimum Gasteiger partial charge on any atom is -0.454 e. The van der Waals surface area contributed by atoms with E-state index in [2.05, 4.69) is 15.9 Å². The molecule has 0 aromatic heterocycles. The van der Waals surface area contributed by atoms with Crippen molar-refractivity contribution >= 4 is 21.9 Å². The molecule has 0 amide bonds. The van der Waals surface area contributed by atoms with Crippen LogP contribution in [0.2, 0.25) is 0 Å². The molecule has 0 saturated heterocycles. The van der Waals surface area contributed by atoms with E-state index in [1.54, 1.807) is 0 Å². The first-order valence-electron chi connectivity index (χ1n) is 4.08. The van der Waals surface area contributed by atoms with Crippen LogP contribution in [-0.2, 0) is 16.0 Å². The lowest BCUT2D eigenvalue weighted by Crippen LogP contribution is -2.03. The molecular weight excluding hydrogens is 232 g/mol. The summed E-state index contributed by atoms with van der Waals surface area (Å²) in [5.41, 5.74) is 1.44. The van der Waals surface area contributed by atoms with Gasteiger partial charge in [0.1, 0.15) is 5.52 Å². The summed E-state index contributed by atoms with van der Waals surface area (Å²) in [6.07, 6.45) is 1.18. The average molecular weight is 243 g/mol. The van der Waals surface area contributed by atoms with Gasteiger partial charge in [0, 0.05) is 6.42 Å². The van der Waals surface area contributed by atoms with E-state index in [9.17, 15) is 4.79 Å². The van der Waals surface area contributed by atoms with Gasteiger partial charge in [0.2, 0.25) is 0 Å². The number of hydrogen-bond acceptors (Lipinski definition) is 2. The zero-order chi connectivity index (χ0) is 9.52. The summed E-state index contributed by atoms with van der Waals surface area (Å²) in [5.74, 6) is -0.166. The van der Waals surface area contributed by atoms with Gasteiger partial charge in [-0.3, -0.25) is 4.79 Å². The molecule has 1 aromatic carbocycles. The normalized spacial score (nSPS) is 9.62. The number of halogens is 1. The Bertz CT molecular complexity index is 259. The van der Waals surface area contributed by atoms with Crippen molar-refractivity contribution < 1.29 is 9.53 Å². The Kier molecular flexibility index (Phi) is 4.54. The smallest absolute Gasteiger partial charge is 0.306 e. The fourth-order valence-corrected chi connectivity index (χ4v) is 1.28. The van der Waals surface area contributed by atoms with Gasteiger partial charge in [0.15, 0.2) is 0 Å². The van der Waals surface area contributed by atoms with Crippen LogP contribution in [0.25, 0.3) is 0 Å². The number of ether oxygens (including phenoxy) is 1. The van der Waals surface area contributed by atoms with Gasteiger partial charge in [-0.05, 0) is 27.9 Å². The summed E-state index contributed by atoms with van der Waals surface area (Å²) in [4.78, 5) is 11.0. The maximum absolute atomic E-state index is 11.0. The van der Waals surface area contributed by atoms with Crippen LogP contribution < -0.4 is 0 Å². The highest BCUT2D eigenvalue weighted by Crippen LogP contribution is 2.03. The predicted octanol–water partition coefficient (Wildman–Crippen LogP) is 2.51. The van der Waals surface area contributed by atoms with Crippen LogP contribution in [-0.4, -0.2) is 11.5 Å². The lowest BCUT2D eigenvalue weighted by Gasteiger charge is -2.00. The highest BCUT2D eigenvalue weighted by Gasteiger charge is 2.01. The molecule has 0 aliphatic rings. The van der Waals surface area contributed by atoms with E-state index in [0.717, 1.165) is 12.0 Å². The van der Waals surface area contributed by atoms with E-state index < -0.39 is 0 Å². The first-order valence-corrected chi connectivity index (χ1v) is 5.20. The Hall–Kier alpha value is -0.830. The number of carbonyl (C=O) groups excluding carboxylic acids is 1. The molecule has 0 heterocycles. The minimum absolute atomic E-state index is 0.166. The molecule has 13 heavy (non-hydrogen) atoms. The van der Waals surface area contributed by atoms with Crippen molar-refractivity contribution in [2.45, 2.75) is 12.8 Å². The molecule has 0 bridgehead atoms. The summed E-state index contributed by atoms with van der Waals surface area (Å²) in [5, 5.41) is 0. The van der Waals surface area contributed by atoms with Crippen LogP contribution in [0.4, 0.5) is 0 Å². The fraction of sp³-hybridized carbons (Fsp3) is 0.300. The van der Waals surface area contributed by atoms with E-state index >= 15 is 0 Å². The number of hydrogen-bond donors (Lipinski definition) is 0. The van der Waals surface area contributed by atoms with Gasteiger partial charge < -0.3 is 4.74 Å². The van der Waals surface area contributed by atoms with Crippen molar-refractivity contribution in [2.75, 3.05) is 5.52 Å². The van der Waals surface area contributed by atoms with Crippen molar-refractivity contribution in [3.8, 4) is 0 Å². The Labute approximate surface area is 86.0 Å². The third kappa shape index (κ3) is 4.08. The third-order valence-electron chi connectivity index (χ3n) is 1.68. The van der Waals surface area contributed by atoms with E-state index in [4.69, 9.17) is 4.74 Å². The largest absolute Gasteiger partial charge is 0.454 e. The average Bonchev–Trinajstić information content (AvgIpc) is 2.17. The van der Waals surface area contributed by atoms with Crippen molar-refractivity contribution in [1.29, 1.82) is 0 Å². The van der Waals surface area contributed by atoms with Crippen LogP contribution in [0.3, 0.4) is 0 Å². The van der Waals surface area contributed by atoms with Gasteiger partial charge in [-0.2, -0.15) is 0 Å². The van der Waals surface area contributed by atoms with Crippen molar-refractivity contribution in [1.82, 2.24) is 0 Å². The van der Waals surface area contributed by atoms with E-state index in [1.807, 2.05) is 30.3 Å². The second kappa shape index (κ2) is 5.75. The summed E-state index contributed by atoms with van der Waals surface area (Å²) >= 11 is 3.03. The number of carbonyl (C=O) groups is 1. The molecule has 0 aliphatic heterocycles. The van der Waals surface area contributed by atoms with Gasteiger partial charge in [0.05, 0.1) is 0 Å². The Morgan fingerprint density at radius 3 is 2.62 bits per heavy atom. The van der Waals surface area contributed by atoms with Crippen molar-refractivity contribution in [3.05, 3.63) is 35.9 Å². The van der Waals surface area contributed by atoms with Gasteiger partial charge in [-0.15, -0.1) is 0 Å². The molecule has 1 aromatic rings. The molecule has 0 unspecified atom stereocenters. The van der Waals surface area contributed by atoms with E-state index in [0.29, 0.717) is 6.42 Å². The second-order valence-electron chi connectivity index (χ2n) is 2.61. The number of benzene rings is 1. The van der Waals surface area contributed by atoms with Gasteiger partial charge in [-0.1, -0.05) is 30.3 Å². The summed E-state index contributed by atoms with van der Waals surface area (Å²) < 4.78 is 4.74. The molecule has 0 atom stereocenters. The molecule has 0 aliphatic carbocycles. The second-order valence-corrected chi connectivity index (χ2v) is 3.07. The first kappa shape index (κ1) is 10.3. The van der Waals surface area contributed by atoms with Crippen LogP contribution >= 0.6 is 15.9 Å². The SMILES string of the molecule is O=C(CCc1ccccc1)OCBr. The zero-order valence-corrected chi connectivity index (χ0v) is 8.79. The van der Waals surface area contributed by atoms with Crippen LogP contribution in [0, 0.1) is 0 Å². The molecule has 0 spiro atoms. The van der Waals surface area contributed by atoms with Crippen molar-refractivity contribution in [2.24, 2.45) is 0 Å². The zero-order valence-electron chi connectivity index (χ0n) is 7.20. The lowest BCUT2D eigenvalue weighted by molar-refractivity contribution is -0.141. The van der Waals surface area contributed by atoms with Gasteiger partial charge in [-0.25, -0.2) is 0 Å². The van der Waals surface area contributed by atoms with Crippen LogP contribution in [0.5, 0.6) is 0 Å². The number of rotatable bonds is 4. The molecule has 0 fully saturated rings. The minimum atomic E-state index is -0.166. The standard InChI is InChI=1S/C10H11BrO2/c11-8-13-10(12)7-6-9-4-2-1-3-5-9/h1-5H,6-8H2. The maximum atomic E-state index is 11.0. The molecule has 70 valence electrons. The monoisotopic (exact) mass is 242 g/mol. The summed E-state index contributed by atoms with van der Waals surface area (Å²) in [6.45, 7) is 0. The highest BCUT2D eigenvalue weighted by atomic mass is 79.9. The van der Waals surface area contributed by atoms with Crippen LogP contribution in [0.1, 0.15) is 12.0 Å². The van der Waals surface area contributed by atoms with Crippen LogP contribution in [0.15, 0.2) is 30.3 Å². The first-order chi connectivity index (χ1) is 6.33. The number of alkyl halides is 1. The summed E-state index contributed by atoms with van der Waals surface area (Å²) in [7, 11) is 0. The Morgan fingerprint density at radius 1 is 1.31 bits per heavy atom.